The molecule has 3 atom stereocenters. The second kappa shape index (κ2) is 7.45. The van der Waals surface area contributed by atoms with Crippen molar-refractivity contribution < 1.29 is 9.90 Å². The maximum absolute atomic E-state index is 13.2. The number of aliphatic hydroxyl groups excluding tert-OH is 1. The van der Waals surface area contributed by atoms with Gasteiger partial charge in [-0.05, 0) is 50.6 Å². The Bertz CT molecular complexity index is 511. The minimum atomic E-state index is -0.304. The van der Waals surface area contributed by atoms with Gasteiger partial charge in [-0.3, -0.25) is 9.69 Å². The van der Waals surface area contributed by atoms with Crippen LogP contribution in [0.5, 0.6) is 0 Å². The topological polar surface area (TPSA) is 43.8 Å². The normalized spacial score (nSPS) is 25.3. The van der Waals surface area contributed by atoms with Gasteiger partial charge in [0.05, 0.1) is 6.10 Å². The predicted octanol–water partition coefficient (Wildman–Crippen LogP) is 2.44. The van der Waals surface area contributed by atoms with E-state index < -0.39 is 0 Å². The van der Waals surface area contributed by atoms with Crippen molar-refractivity contribution in [3.8, 4) is 0 Å². The number of aliphatic hydroxyl groups is 1. The number of nitrogens with zero attached hydrogens (tertiary/aromatic N) is 2. The molecule has 2 aliphatic rings. The summed E-state index contributed by atoms with van der Waals surface area (Å²) in [6.45, 7) is 5.31. The summed E-state index contributed by atoms with van der Waals surface area (Å²) in [5.41, 5.74) is 1.08. The minimum absolute atomic E-state index is 0.196. The van der Waals surface area contributed by atoms with E-state index in [0.29, 0.717) is 0 Å². The van der Waals surface area contributed by atoms with Crippen LogP contribution in [0.3, 0.4) is 0 Å². The molecule has 126 valence electrons. The molecule has 0 aliphatic carbocycles. The van der Waals surface area contributed by atoms with Crippen molar-refractivity contribution in [1.82, 2.24) is 9.80 Å². The van der Waals surface area contributed by atoms with Crippen molar-refractivity contribution in [3.63, 3.8) is 0 Å². The molecule has 1 aromatic carbocycles. The fourth-order valence-corrected chi connectivity index (χ4v) is 3.88. The number of piperidine rings is 1. The van der Waals surface area contributed by atoms with Crippen LogP contribution in [0, 0.1) is 5.92 Å². The number of benzene rings is 1. The molecular formula is C19H28N2O2. The Kier molecular flexibility index (Phi) is 5.34. The highest BCUT2D eigenvalue weighted by atomic mass is 16.3. The molecule has 0 bridgehead atoms. The molecule has 3 unspecified atom stereocenters. The summed E-state index contributed by atoms with van der Waals surface area (Å²) >= 11 is 0. The Hall–Kier alpha value is -1.39. The van der Waals surface area contributed by atoms with E-state index in [2.05, 4.69) is 17.0 Å². The van der Waals surface area contributed by atoms with Crippen LogP contribution in [-0.2, 0) is 4.79 Å². The third kappa shape index (κ3) is 3.75. The van der Waals surface area contributed by atoms with Crippen molar-refractivity contribution in [2.24, 2.45) is 5.92 Å². The first-order chi connectivity index (χ1) is 11.2. The van der Waals surface area contributed by atoms with E-state index in [4.69, 9.17) is 0 Å². The van der Waals surface area contributed by atoms with E-state index in [1.54, 1.807) is 0 Å². The van der Waals surface area contributed by atoms with Gasteiger partial charge in [0.15, 0.2) is 0 Å². The highest BCUT2D eigenvalue weighted by Crippen LogP contribution is 2.31. The van der Waals surface area contributed by atoms with E-state index >= 15 is 0 Å². The van der Waals surface area contributed by atoms with Crippen LogP contribution in [-0.4, -0.2) is 53.1 Å². The summed E-state index contributed by atoms with van der Waals surface area (Å²) in [7, 11) is 0. The molecule has 1 N–H and O–H groups in total. The summed E-state index contributed by atoms with van der Waals surface area (Å²) in [6.07, 6.45) is 4.12. The molecular weight excluding hydrogens is 288 g/mol. The third-order valence-corrected chi connectivity index (χ3v) is 5.32. The monoisotopic (exact) mass is 316 g/mol. The van der Waals surface area contributed by atoms with E-state index in [1.165, 1.54) is 6.42 Å². The van der Waals surface area contributed by atoms with E-state index in [1.807, 2.05) is 30.0 Å². The molecule has 0 radical (unpaired) electrons. The molecule has 3 rings (SSSR count). The first-order valence-electron chi connectivity index (χ1n) is 8.92. The summed E-state index contributed by atoms with van der Waals surface area (Å²) in [4.78, 5) is 17.5. The summed E-state index contributed by atoms with van der Waals surface area (Å²) in [6, 6.07) is 9.93. The van der Waals surface area contributed by atoms with Crippen molar-refractivity contribution in [1.29, 1.82) is 0 Å². The van der Waals surface area contributed by atoms with Crippen LogP contribution in [0.4, 0.5) is 0 Å². The predicted molar refractivity (Wildman–Crippen MR) is 91.0 cm³/mol. The van der Waals surface area contributed by atoms with Gasteiger partial charge in [-0.15, -0.1) is 0 Å². The van der Waals surface area contributed by atoms with Gasteiger partial charge in [0.25, 0.3) is 0 Å². The van der Waals surface area contributed by atoms with Gasteiger partial charge < -0.3 is 10.0 Å². The van der Waals surface area contributed by atoms with Crippen molar-refractivity contribution >= 4 is 5.91 Å². The van der Waals surface area contributed by atoms with Gasteiger partial charge in [-0.25, -0.2) is 0 Å². The fourth-order valence-electron chi connectivity index (χ4n) is 3.88. The minimum Gasteiger partial charge on any atom is -0.393 e. The Balaban J connectivity index is 1.81. The van der Waals surface area contributed by atoms with Crippen molar-refractivity contribution in [3.05, 3.63) is 35.9 Å². The van der Waals surface area contributed by atoms with Crippen LogP contribution in [0.2, 0.25) is 0 Å². The number of hydrogen-bond donors (Lipinski definition) is 1. The maximum Gasteiger partial charge on any atom is 0.244 e. The molecule has 4 heteroatoms. The van der Waals surface area contributed by atoms with Crippen LogP contribution in [0.15, 0.2) is 30.3 Å². The van der Waals surface area contributed by atoms with Gasteiger partial charge in [0.2, 0.25) is 5.91 Å². The van der Waals surface area contributed by atoms with Gasteiger partial charge in [0, 0.05) is 19.6 Å². The first kappa shape index (κ1) is 16.5. The van der Waals surface area contributed by atoms with Gasteiger partial charge in [-0.1, -0.05) is 30.3 Å². The molecule has 2 fully saturated rings. The van der Waals surface area contributed by atoms with Crippen molar-refractivity contribution in [2.45, 2.75) is 44.8 Å². The number of amides is 1. The van der Waals surface area contributed by atoms with E-state index in [-0.39, 0.29) is 24.0 Å². The second-order valence-corrected chi connectivity index (χ2v) is 6.98. The average molecular weight is 316 g/mol. The standard InChI is InChI=1S/C19H28N2O2/c1-15(22)17-10-13-21(14-17)18(16-8-4-2-5-9-16)19(23)20-11-6-3-7-12-20/h2,4-5,8-9,15,17-18,22H,3,6-7,10-14H2,1H3. The molecule has 1 aromatic rings. The first-order valence-corrected chi connectivity index (χ1v) is 8.92. The zero-order chi connectivity index (χ0) is 16.2. The summed E-state index contributed by atoms with van der Waals surface area (Å²) < 4.78 is 0. The quantitative estimate of drug-likeness (QED) is 0.928. The number of rotatable bonds is 4. The molecule has 2 aliphatic heterocycles. The molecule has 2 saturated heterocycles. The fraction of sp³-hybridized carbons (Fsp3) is 0.632. The average Bonchev–Trinajstić information content (AvgIpc) is 3.07. The van der Waals surface area contributed by atoms with Gasteiger partial charge in [-0.2, -0.15) is 0 Å². The number of likely N-dealkylation sites (tertiary alicyclic amines) is 2. The number of hydrogen-bond acceptors (Lipinski definition) is 3. The van der Waals surface area contributed by atoms with Crippen LogP contribution >= 0.6 is 0 Å². The molecule has 0 aromatic heterocycles. The molecule has 4 nitrogen and oxygen atoms in total. The summed E-state index contributed by atoms with van der Waals surface area (Å²) in [5, 5.41) is 9.89. The van der Waals surface area contributed by atoms with Crippen LogP contribution in [0.1, 0.15) is 44.2 Å². The Morgan fingerprint density at radius 3 is 2.43 bits per heavy atom. The zero-order valence-electron chi connectivity index (χ0n) is 14.0. The molecule has 2 heterocycles. The highest BCUT2D eigenvalue weighted by Gasteiger charge is 2.37. The van der Waals surface area contributed by atoms with Crippen LogP contribution in [0.25, 0.3) is 0 Å². The Morgan fingerprint density at radius 1 is 1.13 bits per heavy atom. The lowest BCUT2D eigenvalue weighted by Crippen LogP contribution is -2.44. The second-order valence-electron chi connectivity index (χ2n) is 6.98. The molecule has 1 amide bonds. The Morgan fingerprint density at radius 2 is 1.83 bits per heavy atom. The molecule has 0 spiro atoms. The lowest BCUT2D eigenvalue weighted by molar-refractivity contribution is -0.138. The lowest BCUT2D eigenvalue weighted by atomic mass is 10.0. The maximum atomic E-state index is 13.2. The highest BCUT2D eigenvalue weighted by molar-refractivity contribution is 5.83. The Labute approximate surface area is 139 Å². The van der Waals surface area contributed by atoms with Crippen LogP contribution < -0.4 is 0 Å². The molecule has 0 saturated carbocycles. The smallest absolute Gasteiger partial charge is 0.244 e. The lowest BCUT2D eigenvalue weighted by Gasteiger charge is -2.35. The number of carbonyl (C=O) groups is 1. The molecule has 23 heavy (non-hydrogen) atoms. The van der Waals surface area contributed by atoms with Gasteiger partial charge in [0.1, 0.15) is 6.04 Å². The third-order valence-electron chi connectivity index (χ3n) is 5.32. The van der Waals surface area contributed by atoms with Crippen molar-refractivity contribution in [2.75, 3.05) is 26.2 Å². The van der Waals surface area contributed by atoms with Gasteiger partial charge >= 0.3 is 0 Å². The number of carbonyl (C=O) groups excluding carboxylic acids is 1. The largest absolute Gasteiger partial charge is 0.393 e. The van der Waals surface area contributed by atoms with E-state index in [9.17, 15) is 9.90 Å². The van der Waals surface area contributed by atoms with E-state index in [0.717, 1.165) is 51.0 Å². The SMILES string of the molecule is CC(O)C1CCN(C(C(=O)N2CCCCC2)c2ccccc2)C1. The summed E-state index contributed by atoms with van der Waals surface area (Å²) in [5.74, 6) is 0.512. The zero-order valence-corrected chi connectivity index (χ0v) is 14.0.